The number of carbonyl (C=O) groups excluding carboxylic acids is 1. The van der Waals surface area contributed by atoms with E-state index < -0.39 is 11.9 Å². The minimum atomic E-state index is -0.836. The Bertz CT molecular complexity index is 875. The molecule has 1 aromatic heterocycles. The lowest BCUT2D eigenvalue weighted by atomic mass is 10.1. The van der Waals surface area contributed by atoms with Gasteiger partial charge in [-0.2, -0.15) is 5.10 Å². The zero-order chi connectivity index (χ0) is 19.0. The molecule has 2 heterocycles. The molecule has 0 spiro atoms. The maximum Gasteiger partial charge on any atom is 0.308 e. The highest BCUT2D eigenvalue weighted by Crippen LogP contribution is 2.24. The fourth-order valence-corrected chi connectivity index (χ4v) is 3.52. The van der Waals surface area contributed by atoms with Crippen LogP contribution in [-0.4, -0.2) is 44.8 Å². The first-order valence-electron chi connectivity index (χ1n) is 8.60. The molecule has 7 heteroatoms. The molecule has 2 aromatic rings. The summed E-state index contributed by atoms with van der Waals surface area (Å²) in [5, 5.41) is 14.3. The van der Waals surface area contributed by atoms with Crippen LogP contribution in [-0.2, 0) is 16.0 Å². The fourth-order valence-electron chi connectivity index (χ4n) is 3.35. The molecule has 1 aliphatic rings. The summed E-state index contributed by atoms with van der Waals surface area (Å²) in [6, 6.07) is 5.75. The van der Waals surface area contributed by atoms with Gasteiger partial charge in [0.25, 0.3) is 0 Å². The van der Waals surface area contributed by atoms with Crippen molar-refractivity contribution in [3.8, 4) is 5.69 Å². The molecule has 1 aromatic carbocycles. The van der Waals surface area contributed by atoms with Crippen molar-refractivity contribution in [3.63, 3.8) is 0 Å². The van der Waals surface area contributed by atoms with Gasteiger partial charge in [0.05, 0.1) is 23.7 Å². The molecule has 1 N–H and O–H groups in total. The normalized spacial score (nSPS) is 16.9. The van der Waals surface area contributed by atoms with Crippen LogP contribution in [0.5, 0.6) is 0 Å². The van der Waals surface area contributed by atoms with Crippen molar-refractivity contribution >= 4 is 23.5 Å². The highest BCUT2D eigenvalue weighted by Gasteiger charge is 2.31. The van der Waals surface area contributed by atoms with E-state index in [1.165, 1.54) is 0 Å². The van der Waals surface area contributed by atoms with Crippen LogP contribution < -0.4 is 0 Å². The number of hydrogen-bond acceptors (Lipinski definition) is 3. The van der Waals surface area contributed by atoms with E-state index in [9.17, 15) is 9.59 Å². The zero-order valence-corrected chi connectivity index (χ0v) is 15.9. The van der Waals surface area contributed by atoms with Crippen LogP contribution in [0, 0.1) is 26.7 Å². The van der Waals surface area contributed by atoms with E-state index in [0.717, 1.165) is 28.2 Å². The van der Waals surface area contributed by atoms with Gasteiger partial charge in [-0.3, -0.25) is 9.59 Å². The molecule has 0 unspecified atom stereocenters. The molecular formula is C19H22ClN3O3. The summed E-state index contributed by atoms with van der Waals surface area (Å²) in [4.78, 5) is 25.3. The Morgan fingerprint density at radius 2 is 2.04 bits per heavy atom. The number of carboxylic acids is 1. The van der Waals surface area contributed by atoms with Crippen LogP contribution in [0.3, 0.4) is 0 Å². The molecule has 0 saturated carbocycles. The summed E-state index contributed by atoms with van der Waals surface area (Å²) in [7, 11) is 0. The van der Waals surface area contributed by atoms with Gasteiger partial charge in [0, 0.05) is 29.4 Å². The molecule has 6 nitrogen and oxygen atoms in total. The Kier molecular flexibility index (Phi) is 5.05. The van der Waals surface area contributed by atoms with Gasteiger partial charge in [0.15, 0.2) is 0 Å². The van der Waals surface area contributed by atoms with Crippen molar-refractivity contribution in [2.24, 2.45) is 5.92 Å². The van der Waals surface area contributed by atoms with Crippen LogP contribution >= 0.6 is 11.6 Å². The number of amides is 1. The highest BCUT2D eigenvalue weighted by molar-refractivity contribution is 6.31. The van der Waals surface area contributed by atoms with E-state index in [-0.39, 0.29) is 18.9 Å². The van der Waals surface area contributed by atoms with Gasteiger partial charge < -0.3 is 10.0 Å². The minimum Gasteiger partial charge on any atom is -0.481 e. The Morgan fingerprint density at radius 3 is 2.65 bits per heavy atom. The van der Waals surface area contributed by atoms with Gasteiger partial charge in [-0.15, -0.1) is 0 Å². The molecule has 1 aliphatic heterocycles. The van der Waals surface area contributed by atoms with E-state index in [2.05, 4.69) is 5.10 Å². The SMILES string of the molecule is Cc1ccc(-n2nc(C)c(CC(=O)N3CC[C@@H](C(=O)O)C3)c2C)cc1Cl. The van der Waals surface area contributed by atoms with Gasteiger partial charge in [-0.05, 0) is 44.9 Å². The van der Waals surface area contributed by atoms with Crippen molar-refractivity contribution in [1.82, 2.24) is 14.7 Å². The number of aryl methyl sites for hydroxylation is 2. The predicted octanol–water partition coefficient (Wildman–Crippen LogP) is 2.93. The Hall–Kier alpha value is -2.34. The second-order valence-corrected chi connectivity index (χ2v) is 7.24. The molecule has 1 saturated heterocycles. The van der Waals surface area contributed by atoms with Gasteiger partial charge in [0.2, 0.25) is 5.91 Å². The van der Waals surface area contributed by atoms with Gasteiger partial charge in [0.1, 0.15) is 0 Å². The third-order valence-corrected chi connectivity index (χ3v) is 5.47. The summed E-state index contributed by atoms with van der Waals surface area (Å²) < 4.78 is 1.80. The molecule has 1 atom stereocenters. The van der Waals surface area contributed by atoms with Crippen LogP contribution in [0.1, 0.15) is 28.9 Å². The smallest absolute Gasteiger partial charge is 0.308 e. The van der Waals surface area contributed by atoms with Crippen molar-refractivity contribution in [1.29, 1.82) is 0 Å². The van der Waals surface area contributed by atoms with Gasteiger partial charge in [-0.1, -0.05) is 17.7 Å². The van der Waals surface area contributed by atoms with Gasteiger partial charge >= 0.3 is 5.97 Å². The van der Waals surface area contributed by atoms with Crippen LogP contribution in [0.15, 0.2) is 18.2 Å². The summed E-state index contributed by atoms with van der Waals surface area (Å²) in [6.45, 7) is 6.54. The van der Waals surface area contributed by atoms with Crippen LogP contribution in [0.25, 0.3) is 5.69 Å². The lowest BCUT2D eigenvalue weighted by molar-refractivity contribution is -0.141. The summed E-state index contributed by atoms with van der Waals surface area (Å²) in [6.07, 6.45) is 0.740. The van der Waals surface area contributed by atoms with E-state index in [1.54, 1.807) is 9.58 Å². The Balaban J connectivity index is 1.81. The average molecular weight is 376 g/mol. The molecule has 3 rings (SSSR count). The van der Waals surface area contributed by atoms with Crippen LogP contribution in [0.2, 0.25) is 5.02 Å². The Labute approximate surface area is 157 Å². The third kappa shape index (κ3) is 3.46. The average Bonchev–Trinajstić information content (AvgIpc) is 3.18. The maximum atomic E-state index is 12.6. The summed E-state index contributed by atoms with van der Waals surface area (Å²) in [5.41, 5.74) is 4.41. The highest BCUT2D eigenvalue weighted by atomic mass is 35.5. The topological polar surface area (TPSA) is 75.4 Å². The van der Waals surface area contributed by atoms with Crippen molar-refractivity contribution < 1.29 is 14.7 Å². The summed E-state index contributed by atoms with van der Waals surface area (Å²) in [5.74, 6) is -1.35. The molecule has 0 bridgehead atoms. The maximum absolute atomic E-state index is 12.6. The molecule has 26 heavy (non-hydrogen) atoms. The number of nitrogens with zero attached hydrogens (tertiary/aromatic N) is 3. The van der Waals surface area contributed by atoms with Crippen molar-refractivity contribution in [2.45, 2.75) is 33.6 Å². The number of benzene rings is 1. The number of rotatable bonds is 4. The van der Waals surface area contributed by atoms with Crippen molar-refractivity contribution in [2.75, 3.05) is 13.1 Å². The number of carbonyl (C=O) groups is 2. The third-order valence-electron chi connectivity index (χ3n) is 5.06. The first-order valence-corrected chi connectivity index (χ1v) is 8.98. The number of carboxylic acid groups (broad SMARTS) is 1. The second-order valence-electron chi connectivity index (χ2n) is 6.84. The Morgan fingerprint density at radius 1 is 1.31 bits per heavy atom. The standard InChI is InChI=1S/C19H22ClN3O3/c1-11-4-5-15(8-17(11)20)23-13(3)16(12(2)21-23)9-18(24)22-7-6-14(10-22)19(25)26/h4-5,8,14H,6-7,9-10H2,1-3H3,(H,25,26)/t14-/m1/s1. The number of likely N-dealkylation sites (tertiary alicyclic amines) is 1. The first kappa shape index (κ1) is 18.5. The van der Waals surface area contributed by atoms with E-state index in [0.29, 0.717) is 18.0 Å². The van der Waals surface area contributed by atoms with E-state index in [4.69, 9.17) is 16.7 Å². The molecule has 1 amide bonds. The van der Waals surface area contributed by atoms with Gasteiger partial charge in [-0.25, -0.2) is 4.68 Å². The van der Waals surface area contributed by atoms with E-state index >= 15 is 0 Å². The molecule has 1 fully saturated rings. The number of hydrogen-bond donors (Lipinski definition) is 1. The largest absolute Gasteiger partial charge is 0.481 e. The molecule has 0 aliphatic carbocycles. The molecule has 0 radical (unpaired) electrons. The van der Waals surface area contributed by atoms with E-state index in [1.807, 2.05) is 39.0 Å². The second kappa shape index (κ2) is 7.11. The lowest BCUT2D eigenvalue weighted by Crippen LogP contribution is -2.31. The number of aromatic nitrogens is 2. The fraction of sp³-hybridized carbons (Fsp3) is 0.421. The van der Waals surface area contributed by atoms with Crippen LogP contribution in [0.4, 0.5) is 0 Å². The van der Waals surface area contributed by atoms with Crippen molar-refractivity contribution in [3.05, 3.63) is 45.7 Å². The predicted molar refractivity (Wildman–Crippen MR) is 98.8 cm³/mol. The molecule has 138 valence electrons. The minimum absolute atomic E-state index is 0.0542. The summed E-state index contributed by atoms with van der Waals surface area (Å²) >= 11 is 6.22. The first-order chi connectivity index (χ1) is 12.3. The number of aliphatic carboxylic acids is 1. The quantitative estimate of drug-likeness (QED) is 0.891. The zero-order valence-electron chi connectivity index (χ0n) is 15.1. The lowest BCUT2D eigenvalue weighted by Gasteiger charge is -2.16. The monoisotopic (exact) mass is 375 g/mol. The molecular weight excluding hydrogens is 354 g/mol. The number of halogens is 1.